The molecule has 0 aliphatic heterocycles. The van der Waals surface area contributed by atoms with E-state index in [9.17, 15) is 0 Å². The SMILES string of the molecule is N[C@H]1CCCC[C@@H]1O[C@H]1CCCC[C@@H]1N. The molecule has 4 N–H and O–H groups in total. The summed E-state index contributed by atoms with van der Waals surface area (Å²) in [7, 11) is 0. The third-order valence-corrected chi connectivity index (χ3v) is 3.86. The van der Waals surface area contributed by atoms with Gasteiger partial charge in [-0.25, -0.2) is 0 Å². The molecule has 2 aliphatic rings. The topological polar surface area (TPSA) is 61.3 Å². The molecule has 2 aliphatic carbocycles. The average Bonchev–Trinajstić information content (AvgIpc) is 2.24. The van der Waals surface area contributed by atoms with Crippen LogP contribution in [0.5, 0.6) is 0 Å². The van der Waals surface area contributed by atoms with E-state index in [0.29, 0.717) is 0 Å². The van der Waals surface area contributed by atoms with Gasteiger partial charge in [0.2, 0.25) is 0 Å². The van der Waals surface area contributed by atoms with Gasteiger partial charge in [0.15, 0.2) is 0 Å². The molecule has 0 aromatic heterocycles. The van der Waals surface area contributed by atoms with Crippen LogP contribution in [-0.2, 0) is 4.74 Å². The van der Waals surface area contributed by atoms with Crippen molar-refractivity contribution in [2.45, 2.75) is 75.7 Å². The minimum absolute atomic E-state index is 0.243. The van der Waals surface area contributed by atoms with Gasteiger partial charge in [0.1, 0.15) is 0 Å². The van der Waals surface area contributed by atoms with Crippen LogP contribution in [0, 0.1) is 0 Å². The molecule has 2 fully saturated rings. The third kappa shape index (κ3) is 2.92. The van der Waals surface area contributed by atoms with Crippen molar-refractivity contribution in [1.29, 1.82) is 0 Å². The number of rotatable bonds is 2. The fourth-order valence-corrected chi connectivity index (χ4v) is 2.81. The first-order valence-electron chi connectivity index (χ1n) is 6.44. The van der Waals surface area contributed by atoms with Gasteiger partial charge in [-0.3, -0.25) is 0 Å². The molecule has 0 bridgehead atoms. The lowest BCUT2D eigenvalue weighted by Crippen LogP contribution is -2.47. The lowest BCUT2D eigenvalue weighted by Gasteiger charge is -2.36. The Morgan fingerprint density at radius 2 is 1.07 bits per heavy atom. The molecule has 88 valence electrons. The van der Waals surface area contributed by atoms with Gasteiger partial charge in [-0.05, 0) is 25.7 Å². The van der Waals surface area contributed by atoms with Crippen LogP contribution < -0.4 is 11.5 Å². The van der Waals surface area contributed by atoms with Crippen molar-refractivity contribution >= 4 is 0 Å². The van der Waals surface area contributed by atoms with E-state index in [1.165, 1.54) is 25.7 Å². The summed E-state index contributed by atoms with van der Waals surface area (Å²) in [6.07, 6.45) is 10.1. The summed E-state index contributed by atoms with van der Waals surface area (Å²) in [5.74, 6) is 0. The molecule has 4 atom stereocenters. The smallest absolute Gasteiger partial charge is 0.0730 e. The Morgan fingerprint density at radius 3 is 1.47 bits per heavy atom. The molecule has 0 unspecified atom stereocenters. The number of ether oxygens (including phenoxy) is 1. The highest BCUT2D eigenvalue weighted by molar-refractivity contribution is 4.84. The molecule has 0 saturated heterocycles. The highest BCUT2D eigenvalue weighted by Crippen LogP contribution is 2.26. The van der Waals surface area contributed by atoms with Crippen molar-refractivity contribution in [1.82, 2.24) is 0 Å². The zero-order valence-corrected chi connectivity index (χ0v) is 9.53. The minimum atomic E-state index is 0.243. The Morgan fingerprint density at radius 1 is 0.667 bits per heavy atom. The zero-order chi connectivity index (χ0) is 10.7. The molecule has 15 heavy (non-hydrogen) atoms. The lowest BCUT2D eigenvalue weighted by atomic mass is 9.90. The molecule has 0 heterocycles. The molecular weight excluding hydrogens is 188 g/mol. The molecule has 0 aromatic rings. The van der Waals surface area contributed by atoms with Gasteiger partial charge >= 0.3 is 0 Å². The van der Waals surface area contributed by atoms with E-state index >= 15 is 0 Å². The van der Waals surface area contributed by atoms with Crippen molar-refractivity contribution in [3.05, 3.63) is 0 Å². The first-order chi connectivity index (χ1) is 7.27. The van der Waals surface area contributed by atoms with E-state index in [-0.39, 0.29) is 24.3 Å². The van der Waals surface area contributed by atoms with Crippen molar-refractivity contribution in [2.24, 2.45) is 11.5 Å². The van der Waals surface area contributed by atoms with E-state index in [1.54, 1.807) is 0 Å². The van der Waals surface area contributed by atoms with Crippen LogP contribution in [0.4, 0.5) is 0 Å². The van der Waals surface area contributed by atoms with Crippen LogP contribution in [0.3, 0.4) is 0 Å². The number of nitrogens with two attached hydrogens (primary N) is 2. The highest BCUT2D eigenvalue weighted by atomic mass is 16.5. The molecule has 2 saturated carbocycles. The standard InChI is InChI=1S/C12H24N2O/c13-9-5-1-3-7-11(9)15-12-8-4-2-6-10(12)14/h9-12H,1-8,13-14H2/t9-,10-,11-,12-/m0/s1. The molecule has 3 heteroatoms. The first kappa shape index (κ1) is 11.4. The second-order valence-electron chi connectivity index (χ2n) is 5.11. The van der Waals surface area contributed by atoms with Crippen LogP contribution in [0.1, 0.15) is 51.4 Å². The van der Waals surface area contributed by atoms with Crippen LogP contribution in [-0.4, -0.2) is 24.3 Å². The van der Waals surface area contributed by atoms with E-state index in [0.717, 1.165) is 25.7 Å². The van der Waals surface area contributed by atoms with Crippen LogP contribution >= 0.6 is 0 Å². The Bertz CT molecular complexity index is 178. The molecule has 0 radical (unpaired) electrons. The quantitative estimate of drug-likeness (QED) is 0.730. The average molecular weight is 212 g/mol. The van der Waals surface area contributed by atoms with Gasteiger partial charge < -0.3 is 16.2 Å². The molecule has 0 amide bonds. The predicted octanol–water partition coefficient (Wildman–Crippen LogP) is 1.54. The van der Waals surface area contributed by atoms with Gasteiger partial charge in [0.05, 0.1) is 12.2 Å². The van der Waals surface area contributed by atoms with Crippen molar-refractivity contribution in [3.63, 3.8) is 0 Å². The maximum Gasteiger partial charge on any atom is 0.0730 e. The van der Waals surface area contributed by atoms with Gasteiger partial charge in [-0.15, -0.1) is 0 Å². The normalized spacial score (nSPS) is 42.8. The Balaban J connectivity index is 1.83. The van der Waals surface area contributed by atoms with Gasteiger partial charge in [0.25, 0.3) is 0 Å². The molecule has 0 spiro atoms. The summed E-state index contributed by atoms with van der Waals surface area (Å²) >= 11 is 0. The Hall–Kier alpha value is -0.120. The van der Waals surface area contributed by atoms with Crippen molar-refractivity contribution < 1.29 is 4.74 Å². The van der Waals surface area contributed by atoms with Crippen molar-refractivity contribution in [2.75, 3.05) is 0 Å². The van der Waals surface area contributed by atoms with Gasteiger partial charge in [-0.1, -0.05) is 25.7 Å². The Labute approximate surface area is 92.5 Å². The number of hydrogen-bond acceptors (Lipinski definition) is 3. The highest BCUT2D eigenvalue weighted by Gasteiger charge is 2.29. The van der Waals surface area contributed by atoms with Crippen LogP contribution in [0.15, 0.2) is 0 Å². The largest absolute Gasteiger partial charge is 0.372 e. The summed E-state index contributed by atoms with van der Waals surface area (Å²) in [6, 6.07) is 0.487. The first-order valence-corrected chi connectivity index (χ1v) is 6.44. The second-order valence-corrected chi connectivity index (χ2v) is 5.11. The van der Waals surface area contributed by atoms with E-state index < -0.39 is 0 Å². The fraction of sp³-hybridized carbons (Fsp3) is 1.00. The summed E-state index contributed by atoms with van der Waals surface area (Å²) in [6.45, 7) is 0. The second kappa shape index (κ2) is 5.28. The molecular formula is C12H24N2O. The Kier molecular flexibility index (Phi) is 4.00. The van der Waals surface area contributed by atoms with Crippen molar-refractivity contribution in [3.8, 4) is 0 Å². The minimum Gasteiger partial charge on any atom is -0.372 e. The number of hydrogen-bond donors (Lipinski definition) is 2. The molecule has 2 rings (SSSR count). The monoisotopic (exact) mass is 212 g/mol. The van der Waals surface area contributed by atoms with E-state index in [2.05, 4.69) is 0 Å². The van der Waals surface area contributed by atoms with Crippen LogP contribution in [0.25, 0.3) is 0 Å². The maximum absolute atomic E-state index is 6.11. The lowest BCUT2D eigenvalue weighted by molar-refractivity contribution is -0.0621. The summed E-state index contributed by atoms with van der Waals surface area (Å²) in [4.78, 5) is 0. The summed E-state index contributed by atoms with van der Waals surface area (Å²) in [5, 5.41) is 0. The summed E-state index contributed by atoms with van der Waals surface area (Å²) < 4.78 is 6.11. The van der Waals surface area contributed by atoms with Gasteiger partial charge in [0, 0.05) is 12.1 Å². The molecule has 3 nitrogen and oxygen atoms in total. The van der Waals surface area contributed by atoms with Crippen LogP contribution in [0.2, 0.25) is 0 Å². The maximum atomic E-state index is 6.11. The van der Waals surface area contributed by atoms with E-state index in [1.807, 2.05) is 0 Å². The van der Waals surface area contributed by atoms with E-state index in [4.69, 9.17) is 16.2 Å². The molecule has 0 aromatic carbocycles. The van der Waals surface area contributed by atoms with Gasteiger partial charge in [-0.2, -0.15) is 0 Å². The predicted molar refractivity (Wildman–Crippen MR) is 61.5 cm³/mol. The zero-order valence-electron chi connectivity index (χ0n) is 9.53. The summed E-state index contributed by atoms with van der Waals surface area (Å²) in [5.41, 5.74) is 12.2. The fourth-order valence-electron chi connectivity index (χ4n) is 2.81. The third-order valence-electron chi connectivity index (χ3n) is 3.86.